The Bertz CT molecular complexity index is 1110. The van der Waals surface area contributed by atoms with Gasteiger partial charge in [0.1, 0.15) is 29.9 Å². The molecule has 1 aromatic carbocycles. The summed E-state index contributed by atoms with van der Waals surface area (Å²) in [6.45, 7) is 0.0109. The van der Waals surface area contributed by atoms with Gasteiger partial charge in [0.15, 0.2) is 0 Å². The van der Waals surface area contributed by atoms with Crippen molar-refractivity contribution in [1.29, 1.82) is 5.26 Å². The second-order valence-corrected chi connectivity index (χ2v) is 8.41. The number of rotatable bonds is 2. The Kier molecular flexibility index (Phi) is 5.36. The normalized spacial score (nSPS) is 24.2. The van der Waals surface area contributed by atoms with E-state index in [-0.39, 0.29) is 29.8 Å². The fourth-order valence-electron chi connectivity index (χ4n) is 4.25. The zero-order valence-electron chi connectivity index (χ0n) is 17.2. The van der Waals surface area contributed by atoms with Crippen LogP contribution in [0.15, 0.2) is 18.2 Å². The molecule has 0 saturated heterocycles. The van der Waals surface area contributed by atoms with Gasteiger partial charge in [-0.1, -0.05) is 0 Å². The van der Waals surface area contributed by atoms with E-state index in [1.165, 1.54) is 17.0 Å². The van der Waals surface area contributed by atoms with Crippen molar-refractivity contribution in [2.75, 3.05) is 12.0 Å². The second kappa shape index (κ2) is 7.78. The quantitative estimate of drug-likeness (QED) is 0.684. The molecular weight excluding hydrogens is 430 g/mol. The van der Waals surface area contributed by atoms with Gasteiger partial charge < -0.3 is 15.3 Å². The van der Waals surface area contributed by atoms with Gasteiger partial charge in [-0.05, 0) is 31.5 Å². The maximum atomic E-state index is 15.0. The molecule has 3 heterocycles. The third-order valence-electron chi connectivity index (χ3n) is 6.03. The van der Waals surface area contributed by atoms with Crippen LogP contribution in [0.3, 0.4) is 0 Å². The number of carbonyl (C=O) groups excluding carboxylic acids is 1. The van der Waals surface area contributed by atoms with E-state index in [0.29, 0.717) is 5.69 Å². The average molecular weight is 451 g/mol. The predicted molar refractivity (Wildman–Crippen MR) is 105 cm³/mol. The summed E-state index contributed by atoms with van der Waals surface area (Å²) in [5, 5.41) is 26.1. The average Bonchev–Trinajstić information content (AvgIpc) is 3.05. The number of halogens is 4. The molecule has 0 fully saturated rings. The van der Waals surface area contributed by atoms with E-state index in [4.69, 9.17) is 5.26 Å². The number of benzene rings is 1. The molecule has 11 heteroatoms. The Morgan fingerprint density at radius 2 is 2.16 bits per heavy atom. The van der Waals surface area contributed by atoms with Crippen molar-refractivity contribution in [2.24, 2.45) is 0 Å². The van der Waals surface area contributed by atoms with E-state index in [0.717, 1.165) is 10.7 Å². The predicted octanol–water partition coefficient (Wildman–Crippen LogP) is 3.46. The number of fused-ring (bicyclic) bond motifs is 3. The zero-order chi connectivity index (χ0) is 23.3. The Morgan fingerprint density at radius 3 is 2.84 bits per heavy atom. The molecule has 170 valence electrons. The van der Waals surface area contributed by atoms with Crippen LogP contribution in [0, 0.1) is 17.1 Å². The number of aliphatic hydroxyl groups is 1. The molecule has 2 aromatic rings. The van der Waals surface area contributed by atoms with Crippen molar-refractivity contribution in [3.05, 3.63) is 46.5 Å². The summed E-state index contributed by atoms with van der Waals surface area (Å²) in [6, 6.07) is 4.22. The first-order valence-corrected chi connectivity index (χ1v) is 10.1. The summed E-state index contributed by atoms with van der Waals surface area (Å²) in [7, 11) is 0. The number of aromatic nitrogens is 2. The minimum Gasteiger partial charge on any atom is -0.385 e. The van der Waals surface area contributed by atoms with Gasteiger partial charge in [0.05, 0.1) is 24.3 Å². The number of anilines is 1. The SMILES string of the molecule is C[C@@H]1Cc2nn3c(c2CN1C(=O)Nc1ccc(F)c(C#N)c1)C(F)(F)CC[C@@](O)(CF)C3. The lowest BCUT2D eigenvalue weighted by molar-refractivity contribution is -0.0474. The molecule has 1 aromatic heterocycles. The molecule has 0 radical (unpaired) electrons. The Hall–Kier alpha value is -3.13. The number of amides is 2. The number of alkyl halides is 3. The number of nitriles is 1. The number of nitrogens with one attached hydrogen (secondary N) is 1. The Morgan fingerprint density at radius 1 is 1.41 bits per heavy atom. The first-order valence-electron chi connectivity index (χ1n) is 10.1. The van der Waals surface area contributed by atoms with Gasteiger partial charge in [-0.2, -0.15) is 19.1 Å². The molecule has 2 amide bonds. The fraction of sp³-hybridized carbons (Fsp3) is 0.476. The molecule has 2 aliphatic rings. The first-order chi connectivity index (χ1) is 15.1. The van der Waals surface area contributed by atoms with Gasteiger partial charge in [-0.25, -0.2) is 13.6 Å². The van der Waals surface area contributed by atoms with Gasteiger partial charge in [0, 0.05) is 30.1 Å². The molecule has 0 spiro atoms. The maximum Gasteiger partial charge on any atom is 0.322 e. The Balaban J connectivity index is 1.64. The first kappa shape index (κ1) is 22.1. The van der Waals surface area contributed by atoms with Crippen LogP contribution in [0.1, 0.15) is 42.3 Å². The van der Waals surface area contributed by atoms with E-state index in [9.17, 15) is 27.5 Å². The second-order valence-electron chi connectivity index (χ2n) is 8.41. The molecule has 4 rings (SSSR count). The van der Waals surface area contributed by atoms with Crippen LogP contribution in [0.25, 0.3) is 0 Å². The van der Waals surface area contributed by atoms with Crippen LogP contribution in [0.5, 0.6) is 0 Å². The van der Waals surface area contributed by atoms with Crippen LogP contribution in [0.2, 0.25) is 0 Å². The number of hydrogen-bond donors (Lipinski definition) is 2. The summed E-state index contributed by atoms with van der Waals surface area (Å²) in [5.41, 5.74) is -1.81. The molecular formula is C21H21F4N5O2. The molecule has 0 bridgehead atoms. The number of urea groups is 1. The summed E-state index contributed by atoms with van der Waals surface area (Å²) in [6.07, 6.45) is -0.958. The number of hydrogen-bond acceptors (Lipinski definition) is 4. The van der Waals surface area contributed by atoms with E-state index < -0.39 is 61.2 Å². The van der Waals surface area contributed by atoms with E-state index >= 15 is 0 Å². The van der Waals surface area contributed by atoms with Gasteiger partial charge in [-0.15, -0.1) is 0 Å². The van der Waals surface area contributed by atoms with Crippen molar-refractivity contribution in [2.45, 2.75) is 56.8 Å². The van der Waals surface area contributed by atoms with E-state index in [1.807, 2.05) is 0 Å². The van der Waals surface area contributed by atoms with Crippen LogP contribution < -0.4 is 5.32 Å². The summed E-state index contributed by atoms with van der Waals surface area (Å²) >= 11 is 0. The van der Waals surface area contributed by atoms with Gasteiger partial charge in [0.25, 0.3) is 5.92 Å². The minimum atomic E-state index is -3.35. The molecule has 7 nitrogen and oxygen atoms in total. The lowest BCUT2D eigenvalue weighted by Gasteiger charge is -2.33. The highest BCUT2D eigenvalue weighted by atomic mass is 19.3. The van der Waals surface area contributed by atoms with E-state index in [2.05, 4.69) is 10.4 Å². The molecule has 2 N–H and O–H groups in total. The minimum absolute atomic E-state index is 0.159. The molecule has 2 aliphatic heterocycles. The monoisotopic (exact) mass is 451 g/mol. The lowest BCUT2D eigenvalue weighted by Crippen LogP contribution is -2.45. The third-order valence-corrected chi connectivity index (χ3v) is 6.03. The van der Waals surface area contributed by atoms with Crippen molar-refractivity contribution in [3.63, 3.8) is 0 Å². The smallest absolute Gasteiger partial charge is 0.322 e. The maximum absolute atomic E-state index is 15.0. The van der Waals surface area contributed by atoms with Crippen LogP contribution in [-0.4, -0.2) is 44.1 Å². The summed E-state index contributed by atoms with van der Waals surface area (Å²) < 4.78 is 57.8. The van der Waals surface area contributed by atoms with Crippen molar-refractivity contribution in [1.82, 2.24) is 14.7 Å². The van der Waals surface area contributed by atoms with Gasteiger partial charge >= 0.3 is 6.03 Å². The topological polar surface area (TPSA) is 94.2 Å². The summed E-state index contributed by atoms with van der Waals surface area (Å²) in [4.78, 5) is 14.2. The number of nitrogens with zero attached hydrogens (tertiary/aromatic N) is 4. The zero-order valence-corrected chi connectivity index (χ0v) is 17.2. The largest absolute Gasteiger partial charge is 0.385 e. The van der Waals surface area contributed by atoms with Crippen molar-refractivity contribution in [3.8, 4) is 6.07 Å². The van der Waals surface area contributed by atoms with Crippen molar-refractivity contribution >= 4 is 11.7 Å². The third kappa shape index (κ3) is 3.79. The Labute approximate surface area is 181 Å². The fourth-order valence-corrected chi connectivity index (χ4v) is 4.25. The van der Waals surface area contributed by atoms with Crippen LogP contribution in [0.4, 0.5) is 28.0 Å². The molecule has 0 aliphatic carbocycles. The highest BCUT2D eigenvalue weighted by molar-refractivity contribution is 5.90. The highest BCUT2D eigenvalue weighted by Gasteiger charge is 2.48. The molecule has 32 heavy (non-hydrogen) atoms. The molecule has 0 unspecified atom stereocenters. The van der Waals surface area contributed by atoms with Gasteiger partial charge in [-0.3, -0.25) is 4.68 Å². The molecule has 0 saturated carbocycles. The molecule has 2 atom stereocenters. The van der Waals surface area contributed by atoms with Crippen molar-refractivity contribution < 1.29 is 27.5 Å². The van der Waals surface area contributed by atoms with Crippen LogP contribution in [-0.2, 0) is 25.4 Å². The standard InChI is InChI=1S/C21H21F4N5O2/c1-12-6-17-15(18-21(24,25)5-4-20(32,10-22)11-30(18)28-17)9-29(12)19(31)27-14-2-3-16(23)13(7-14)8-26/h2-3,7,12,32H,4-6,9-11H2,1H3,(H,27,31)/t12-,20-/m1/s1. The van der Waals surface area contributed by atoms with E-state index in [1.54, 1.807) is 13.0 Å². The highest BCUT2D eigenvalue weighted by Crippen LogP contribution is 2.43. The van der Waals surface area contributed by atoms with Gasteiger partial charge in [0.2, 0.25) is 0 Å². The summed E-state index contributed by atoms with van der Waals surface area (Å²) in [5.74, 6) is -4.07. The number of carbonyl (C=O) groups is 1. The lowest BCUT2D eigenvalue weighted by atomic mass is 9.94. The van der Waals surface area contributed by atoms with Crippen LogP contribution >= 0.6 is 0 Å².